The summed E-state index contributed by atoms with van der Waals surface area (Å²) >= 11 is 5.75. The van der Waals surface area contributed by atoms with Crippen molar-refractivity contribution in [1.82, 2.24) is 10.2 Å². The number of nitrogens with one attached hydrogen (secondary N) is 1. The standard InChI is InChI=1S/C16H20ClFN2O.ClH/c17-13-4-1-3-12(15(13)18)16(21)20-9-6-11(7-10-20)14-5-2-8-19-14;/h1,3-4,11,14,19H,2,5-10H2;1H. The van der Waals surface area contributed by atoms with Gasteiger partial charge in [-0.15, -0.1) is 12.4 Å². The van der Waals surface area contributed by atoms with Gasteiger partial charge in [0.05, 0.1) is 10.6 Å². The van der Waals surface area contributed by atoms with Gasteiger partial charge in [0, 0.05) is 19.1 Å². The molecule has 1 aromatic carbocycles. The molecule has 2 aliphatic rings. The van der Waals surface area contributed by atoms with E-state index in [4.69, 9.17) is 11.6 Å². The van der Waals surface area contributed by atoms with Crippen LogP contribution in [0.3, 0.4) is 0 Å². The highest BCUT2D eigenvalue weighted by molar-refractivity contribution is 6.31. The molecule has 22 heavy (non-hydrogen) atoms. The van der Waals surface area contributed by atoms with Gasteiger partial charge in [-0.2, -0.15) is 0 Å². The lowest BCUT2D eigenvalue weighted by molar-refractivity contribution is 0.0670. The zero-order chi connectivity index (χ0) is 14.8. The molecule has 3 nitrogen and oxygen atoms in total. The lowest BCUT2D eigenvalue weighted by Gasteiger charge is -2.35. The molecule has 2 heterocycles. The van der Waals surface area contributed by atoms with E-state index in [2.05, 4.69) is 5.32 Å². The summed E-state index contributed by atoms with van der Waals surface area (Å²) in [6, 6.07) is 5.19. The summed E-state index contributed by atoms with van der Waals surface area (Å²) in [6.07, 6.45) is 4.47. The maximum absolute atomic E-state index is 13.9. The second kappa shape index (κ2) is 7.62. The van der Waals surface area contributed by atoms with E-state index in [-0.39, 0.29) is 28.9 Å². The predicted octanol–water partition coefficient (Wildman–Crippen LogP) is 3.51. The van der Waals surface area contributed by atoms with Gasteiger partial charge in [-0.25, -0.2) is 4.39 Å². The molecular formula is C16H21Cl2FN2O. The van der Waals surface area contributed by atoms with Crippen molar-refractivity contribution in [3.8, 4) is 0 Å². The van der Waals surface area contributed by atoms with Gasteiger partial charge < -0.3 is 10.2 Å². The van der Waals surface area contributed by atoms with Crippen molar-refractivity contribution in [2.45, 2.75) is 31.7 Å². The van der Waals surface area contributed by atoms with E-state index >= 15 is 0 Å². The van der Waals surface area contributed by atoms with Crippen molar-refractivity contribution in [2.24, 2.45) is 5.92 Å². The van der Waals surface area contributed by atoms with Gasteiger partial charge in [-0.1, -0.05) is 17.7 Å². The summed E-state index contributed by atoms with van der Waals surface area (Å²) < 4.78 is 13.9. The molecule has 1 aromatic rings. The maximum atomic E-state index is 13.9. The molecule has 0 spiro atoms. The highest BCUT2D eigenvalue weighted by Crippen LogP contribution is 2.27. The van der Waals surface area contributed by atoms with E-state index in [9.17, 15) is 9.18 Å². The highest BCUT2D eigenvalue weighted by Gasteiger charge is 2.31. The summed E-state index contributed by atoms with van der Waals surface area (Å²) in [4.78, 5) is 14.2. The summed E-state index contributed by atoms with van der Waals surface area (Å²) in [5.74, 6) is -0.211. The molecule has 0 aromatic heterocycles. The van der Waals surface area contributed by atoms with Crippen LogP contribution in [0.4, 0.5) is 4.39 Å². The fourth-order valence-electron chi connectivity index (χ4n) is 3.46. The second-order valence-corrected chi connectivity index (χ2v) is 6.34. The third-order valence-electron chi connectivity index (χ3n) is 4.68. The summed E-state index contributed by atoms with van der Waals surface area (Å²) in [7, 11) is 0. The molecule has 0 bridgehead atoms. The van der Waals surface area contributed by atoms with Crippen LogP contribution in [-0.4, -0.2) is 36.5 Å². The van der Waals surface area contributed by atoms with Gasteiger partial charge in [0.2, 0.25) is 0 Å². The number of carbonyl (C=O) groups is 1. The minimum absolute atomic E-state index is 0. The molecule has 1 unspecified atom stereocenters. The SMILES string of the molecule is Cl.O=C(c1cccc(Cl)c1F)N1CCC(C2CCCN2)CC1. The quantitative estimate of drug-likeness (QED) is 0.888. The van der Waals surface area contributed by atoms with E-state index in [1.54, 1.807) is 11.0 Å². The van der Waals surface area contributed by atoms with Crippen LogP contribution in [0.1, 0.15) is 36.0 Å². The first-order valence-electron chi connectivity index (χ1n) is 7.63. The number of hydrogen-bond acceptors (Lipinski definition) is 2. The van der Waals surface area contributed by atoms with E-state index < -0.39 is 5.82 Å². The van der Waals surface area contributed by atoms with Crippen LogP contribution in [-0.2, 0) is 0 Å². The first kappa shape index (κ1) is 17.5. The van der Waals surface area contributed by atoms with Crippen LogP contribution < -0.4 is 5.32 Å². The zero-order valence-corrected chi connectivity index (χ0v) is 13.9. The van der Waals surface area contributed by atoms with Crippen molar-refractivity contribution in [1.29, 1.82) is 0 Å². The number of nitrogens with zero attached hydrogens (tertiary/aromatic N) is 1. The minimum Gasteiger partial charge on any atom is -0.339 e. The first-order valence-corrected chi connectivity index (χ1v) is 8.01. The molecule has 0 radical (unpaired) electrons. The molecule has 0 saturated carbocycles. The number of halogens is 3. The molecule has 1 amide bonds. The van der Waals surface area contributed by atoms with Gasteiger partial charge in [0.1, 0.15) is 0 Å². The fraction of sp³-hybridized carbons (Fsp3) is 0.562. The van der Waals surface area contributed by atoms with Gasteiger partial charge in [-0.3, -0.25) is 4.79 Å². The second-order valence-electron chi connectivity index (χ2n) is 5.93. The fourth-order valence-corrected chi connectivity index (χ4v) is 3.63. The van der Waals surface area contributed by atoms with Crippen LogP contribution in [0.2, 0.25) is 5.02 Å². The van der Waals surface area contributed by atoms with E-state index in [0.717, 1.165) is 19.4 Å². The summed E-state index contributed by atoms with van der Waals surface area (Å²) in [5.41, 5.74) is 0.0833. The number of hydrogen-bond donors (Lipinski definition) is 1. The molecule has 1 atom stereocenters. The van der Waals surface area contributed by atoms with E-state index in [0.29, 0.717) is 25.0 Å². The van der Waals surface area contributed by atoms with Gasteiger partial charge in [0.15, 0.2) is 5.82 Å². The van der Waals surface area contributed by atoms with Crippen LogP contribution in [0.5, 0.6) is 0 Å². The molecular weight excluding hydrogens is 326 g/mol. The molecule has 1 N–H and O–H groups in total. The Labute approximate surface area is 141 Å². The van der Waals surface area contributed by atoms with Crippen molar-refractivity contribution in [3.05, 3.63) is 34.6 Å². The Balaban J connectivity index is 0.00000176. The maximum Gasteiger partial charge on any atom is 0.256 e. The Bertz CT molecular complexity index is 527. The van der Waals surface area contributed by atoms with Gasteiger partial charge in [-0.05, 0) is 50.3 Å². The average molecular weight is 347 g/mol. The number of benzene rings is 1. The molecule has 2 aliphatic heterocycles. The Morgan fingerprint density at radius 1 is 1.27 bits per heavy atom. The third kappa shape index (κ3) is 3.55. The molecule has 2 fully saturated rings. The number of amides is 1. The van der Waals surface area contributed by atoms with Gasteiger partial charge in [0.25, 0.3) is 5.91 Å². The Kier molecular flexibility index (Phi) is 6.07. The van der Waals surface area contributed by atoms with Crippen LogP contribution in [0.25, 0.3) is 0 Å². The highest BCUT2D eigenvalue weighted by atomic mass is 35.5. The minimum atomic E-state index is -0.608. The molecule has 122 valence electrons. The van der Waals surface area contributed by atoms with Crippen LogP contribution >= 0.6 is 24.0 Å². The lowest BCUT2D eigenvalue weighted by atomic mass is 9.88. The van der Waals surface area contributed by atoms with Crippen molar-refractivity contribution >= 4 is 29.9 Å². The lowest BCUT2D eigenvalue weighted by Crippen LogP contribution is -2.43. The number of carbonyl (C=O) groups excluding carboxylic acids is 1. The van der Waals surface area contributed by atoms with Crippen LogP contribution in [0.15, 0.2) is 18.2 Å². The van der Waals surface area contributed by atoms with Gasteiger partial charge >= 0.3 is 0 Å². The largest absolute Gasteiger partial charge is 0.339 e. The predicted molar refractivity (Wildman–Crippen MR) is 88.3 cm³/mol. The summed E-state index contributed by atoms with van der Waals surface area (Å²) in [5, 5.41) is 3.54. The third-order valence-corrected chi connectivity index (χ3v) is 4.97. The number of rotatable bonds is 2. The van der Waals surface area contributed by atoms with Crippen molar-refractivity contribution < 1.29 is 9.18 Å². The molecule has 0 aliphatic carbocycles. The van der Waals surface area contributed by atoms with E-state index in [1.807, 2.05) is 0 Å². The molecule has 6 heteroatoms. The normalized spacial score (nSPS) is 22.5. The topological polar surface area (TPSA) is 32.3 Å². The number of likely N-dealkylation sites (tertiary alicyclic amines) is 1. The Morgan fingerprint density at radius 2 is 2.00 bits per heavy atom. The Morgan fingerprint density at radius 3 is 2.64 bits per heavy atom. The molecule has 3 rings (SSSR count). The van der Waals surface area contributed by atoms with Crippen LogP contribution in [0, 0.1) is 11.7 Å². The average Bonchev–Trinajstić information content (AvgIpc) is 3.04. The Hall–Kier alpha value is -0.840. The van der Waals surface area contributed by atoms with Crippen molar-refractivity contribution in [3.63, 3.8) is 0 Å². The molecule has 2 saturated heterocycles. The van der Waals surface area contributed by atoms with Crippen molar-refractivity contribution in [2.75, 3.05) is 19.6 Å². The zero-order valence-electron chi connectivity index (χ0n) is 12.4. The monoisotopic (exact) mass is 346 g/mol. The number of piperidine rings is 1. The van der Waals surface area contributed by atoms with E-state index in [1.165, 1.54) is 25.0 Å². The summed E-state index contributed by atoms with van der Waals surface area (Å²) in [6.45, 7) is 2.51. The smallest absolute Gasteiger partial charge is 0.256 e. The first-order chi connectivity index (χ1) is 10.2.